The smallest absolute Gasteiger partial charge is 0.309 e. The molecule has 0 amide bonds. The van der Waals surface area contributed by atoms with Crippen LogP contribution in [0.4, 0.5) is 0 Å². The molecule has 0 radical (unpaired) electrons. The van der Waals surface area contributed by atoms with Crippen molar-refractivity contribution in [2.75, 3.05) is 39.8 Å². The van der Waals surface area contributed by atoms with Crippen LogP contribution < -0.4 is 0 Å². The van der Waals surface area contributed by atoms with Gasteiger partial charge < -0.3 is 19.8 Å². The molecule has 1 aliphatic heterocycles. The Bertz CT molecular complexity index is 1390. The van der Waals surface area contributed by atoms with Gasteiger partial charge in [-0.05, 0) is 138 Å². The number of β-amino-alcohol motifs (C(OH)–C–C–N with tert-alkyl or cyclic N) is 1. The molecule has 0 spiro atoms. The summed E-state index contributed by atoms with van der Waals surface area (Å²) in [5.41, 5.74) is 0.868. The number of carbonyl (C=O) groups is 3. The highest BCUT2D eigenvalue weighted by Crippen LogP contribution is 2.73. The Morgan fingerprint density at radius 2 is 1.62 bits per heavy atom. The monoisotopic (exact) mass is 697 g/mol. The lowest BCUT2D eigenvalue weighted by atomic mass is 9.36. The van der Waals surface area contributed by atoms with Crippen molar-refractivity contribution in [3.63, 3.8) is 0 Å². The minimum absolute atomic E-state index is 0.111. The molecule has 0 bridgehead atoms. The molecule has 8 nitrogen and oxygen atoms in total. The molecule has 282 valence electrons. The Labute approximate surface area is 302 Å². The predicted molar refractivity (Wildman–Crippen MR) is 195 cm³/mol. The number of hydrogen-bond acceptors (Lipinski definition) is 7. The average Bonchev–Trinajstić information content (AvgIpc) is 3.19. The predicted octanol–water partition coefficient (Wildman–Crippen LogP) is 6.99. The first kappa shape index (κ1) is 38.0. The van der Waals surface area contributed by atoms with Crippen LogP contribution in [-0.2, 0) is 19.1 Å². The molecule has 9 unspecified atom stereocenters. The summed E-state index contributed by atoms with van der Waals surface area (Å²) < 4.78 is 6.16. The third-order valence-corrected chi connectivity index (χ3v) is 15.9. The van der Waals surface area contributed by atoms with Crippen LogP contribution in [0.1, 0.15) is 126 Å². The quantitative estimate of drug-likeness (QED) is 0.262. The number of rotatable bonds is 8. The Kier molecular flexibility index (Phi) is 10.1. The highest BCUT2D eigenvalue weighted by atomic mass is 16.5. The van der Waals surface area contributed by atoms with Gasteiger partial charge in [-0.2, -0.15) is 0 Å². The van der Waals surface area contributed by atoms with Gasteiger partial charge in [-0.3, -0.25) is 19.3 Å². The molecule has 0 aromatic rings. The highest BCUT2D eigenvalue weighted by Gasteiger charge is 2.67. The van der Waals surface area contributed by atoms with E-state index >= 15 is 0 Å². The molecular formula is C42H68N2O6. The maximum Gasteiger partial charge on any atom is 0.309 e. The number of Topliss-reactive ketones (excluding diaryl/α,β-unsaturated/α-hetero) is 1. The SMILES string of the molecule is CC(C)C1=C2C3CCC4C(C)(CCC5C(C)(C)C(OC(=O)CC(C)(C)C(=O)O)CCC54C)C3CCC2(C(O)CN2CCCN(C)CC2)CC1=O. The molecule has 5 fully saturated rings. The zero-order chi connectivity index (χ0) is 36.6. The Hall–Kier alpha value is -1.77. The normalized spacial score (nSPS) is 40.0. The van der Waals surface area contributed by atoms with Crippen LogP contribution in [0, 0.1) is 56.7 Å². The fourth-order valence-electron chi connectivity index (χ4n) is 13.3. The molecule has 1 heterocycles. The lowest BCUT2D eigenvalue weighted by Gasteiger charge is -2.69. The van der Waals surface area contributed by atoms with Crippen LogP contribution in [0.2, 0.25) is 0 Å². The van der Waals surface area contributed by atoms with Gasteiger partial charge in [-0.15, -0.1) is 0 Å². The van der Waals surface area contributed by atoms with E-state index in [1.807, 2.05) is 0 Å². The number of esters is 1. The maximum atomic E-state index is 14.0. The van der Waals surface area contributed by atoms with E-state index in [1.165, 1.54) is 5.57 Å². The van der Waals surface area contributed by atoms with Gasteiger partial charge in [0.2, 0.25) is 0 Å². The van der Waals surface area contributed by atoms with Crippen LogP contribution >= 0.6 is 0 Å². The molecule has 9 atom stereocenters. The van der Waals surface area contributed by atoms with Gasteiger partial charge in [0, 0.05) is 36.9 Å². The standard InChI is InChI=1S/C42H68N2O6/c1-26(2)35-29(45)23-42(32(46)25-44-20-10-19-43(9)21-22-44)18-13-28-27(36(35)42)11-12-31-40(28,7)16-14-30-39(5,6)33(15-17-41(30,31)8)50-34(47)24-38(3,4)37(48)49/h26-28,30-33,46H,10-25H2,1-9H3,(H,48,49). The molecule has 0 aromatic heterocycles. The summed E-state index contributed by atoms with van der Waals surface area (Å²) in [5, 5.41) is 21.9. The molecule has 1 saturated heterocycles. The van der Waals surface area contributed by atoms with Crippen molar-refractivity contribution >= 4 is 17.7 Å². The Balaban J connectivity index is 1.25. The highest BCUT2D eigenvalue weighted by molar-refractivity contribution is 6.00. The van der Waals surface area contributed by atoms with Gasteiger partial charge in [0.05, 0.1) is 17.9 Å². The van der Waals surface area contributed by atoms with Crippen molar-refractivity contribution in [1.29, 1.82) is 0 Å². The van der Waals surface area contributed by atoms with E-state index in [2.05, 4.69) is 58.4 Å². The van der Waals surface area contributed by atoms with Gasteiger partial charge >= 0.3 is 11.9 Å². The number of aliphatic carboxylic acids is 1. The van der Waals surface area contributed by atoms with E-state index in [1.54, 1.807) is 13.8 Å². The van der Waals surface area contributed by atoms with Crippen molar-refractivity contribution in [2.45, 2.75) is 138 Å². The van der Waals surface area contributed by atoms with E-state index in [9.17, 15) is 24.6 Å². The van der Waals surface area contributed by atoms with Crippen molar-refractivity contribution < 1.29 is 29.3 Å². The number of carbonyl (C=O) groups excluding carboxylic acids is 2. The second-order valence-electron chi connectivity index (χ2n) is 19.9. The number of nitrogens with zero attached hydrogens (tertiary/aromatic N) is 2. The first-order chi connectivity index (χ1) is 23.3. The van der Waals surface area contributed by atoms with Gasteiger partial charge in [0.1, 0.15) is 6.10 Å². The minimum Gasteiger partial charge on any atom is -0.481 e. The second kappa shape index (κ2) is 13.3. The fourth-order valence-corrected chi connectivity index (χ4v) is 13.3. The molecule has 2 N–H and O–H groups in total. The summed E-state index contributed by atoms with van der Waals surface area (Å²) in [6.45, 7) is 22.0. The molecule has 8 heteroatoms. The third kappa shape index (κ3) is 6.13. The summed E-state index contributed by atoms with van der Waals surface area (Å²) in [6, 6.07) is 0. The topological polar surface area (TPSA) is 107 Å². The summed E-state index contributed by atoms with van der Waals surface area (Å²) in [5.74, 6) is 0.856. The van der Waals surface area contributed by atoms with Crippen LogP contribution in [-0.4, -0.2) is 89.7 Å². The van der Waals surface area contributed by atoms with Crippen LogP contribution in [0.5, 0.6) is 0 Å². The van der Waals surface area contributed by atoms with Crippen molar-refractivity contribution in [3.05, 3.63) is 11.1 Å². The summed E-state index contributed by atoms with van der Waals surface area (Å²) in [7, 11) is 2.18. The fraction of sp³-hybridized carbons (Fsp3) is 0.881. The van der Waals surface area contributed by atoms with E-state index in [4.69, 9.17) is 4.74 Å². The Morgan fingerprint density at radius 1 is 0.920 bits per heavy atom. The minimum atomic E-state index is -1.15. The largest absolute Gasteiger partial charge is 0.481 e. The first-order valence-electron chi connectivity index (χ1n) is 20.1. The maximum absolute atomic E-state index is 14.0. The zero-order valence-corrected chi connectivity index (χ0v) is 32.8. The number of ketones is 1. The molecule has 6 rings (SSSR count). The number of aliphatic hydroxyl groups is 1. The molecule has 5 aliphatic carbocycles. The van der Waals surface area contributed by atoms with E-state index in [0.29, 0.717) is 36.6 Å². The van der Waals surface area contributed by atoms with E-state index in [0.717, 1.165) is 89.5 Å². The van der Waals surface area contributed by atoms with Gasteiger partial charge in [0.25, 0.3) is 0 Å². The van der Waals surface area contributed by atoms with Crippen LogP contribution in [0.25, 0.3) is 0 Å². The summed E-state index contributed by atoms with van der Waals surface area (Å²) >= 11 is 0. The number of carboxylic acid groups (broad SMARTS) is 1. The number of allylic oxidation sites excluding steroid dienone is 1. The zero-order valence-electron chi connectivity index (χ0n) is 32.8. The van der Waals surface area contributed by atoms with Crippen molar-refractivity contribution in [2.24, 2.45) is 56.7 Å². The number of likely N-dealkylation sites (N-methyl/N-ethyl adjacent to an activating group) is 1. The molecule has 4 saturated carbocycles. The van der Waals surface area contributed by atoms with Crippen LogP contribution in [0.3, 0.4) is 0 Å². The number of fused-ring (bicyclic) bond motifs is 7. The van der Waals surface area contributed by atoms with Gasteiger partial charge in [-0.25, -0.2) is 0 Å². The van der Waals surface area contributed by atoms with Gasteiger partial charge in [0.15, 0.2) is 5.78 Å². The number of aliphatic hydroxyl groups excluding tert-OH is 1. The molecule has 0 aromatic carbocycles. The van der Waals surface area contributed by atoms with Crippen molar-refractivity contribution in [3.8, 4) is 0 Å². The Morgan fingerprint density at radius 3 is 2.30 bits per heavy atom. The number of ether oxygens (including phenoxy) is 1. The number of hydrogen-bond donors (Lipinski definition) is 2. The van der Waals surface area contributed by atoms with Gasteiger partial charge in [-0.1, -0.05) is 47.1 Å². The van der Waals surface area contributed by atoms with E-state index in [-0.39, 0.29) is 40.5 Å². The summed E-state index contributed by atoms with van der Waals surface area (Å²) in [4.78, 5) is 43.6. The lowest BCUT2D eigenvalue weighted by Crippen LogP contribution is -2.63. The number of carboxylic acids is 1. The molecule has 50 heavy (non-hydrogen) atoms. The second-order valence-corrected chi connectivity index (χ2v) is 19.9. The third-order valence-electron chi connectivity index (χ3n) is 15.9. The lowest BCUT2D eigenvalue weighted by molar-refractivity contribution is -0.214. The first-order valence-corrected chi connectivity index (χ1v) is 20.1. The average molecular weight is 697 g/mol. The molecular weight excluding hydrogens is 628 g/mol. The van der Waals surface area contributed by atoms with Crippen LogP contribution in [0.15, 0.2) is 11.1 Å². The van der Waals surface area contributed by atoms with E-state index < -0.39 is 28.9 Å². The van der Waals surface area contributed by atoms with Crippen molar-refractivity contribution in [1.82, 2.24) is 9.80 Å². The summed E-state index contributed by atoms with van der Waals surface area (Å²) in [6.07, 6.45) is 8.93. The molecule has 6 aliphatic rings.